The van der Waals surface area contributed by atoms with Crippen molar-refractivity contribution in [3.63, 3.8) is 0 Å². The van der Waals surface area contributed by atoms with Gasteiger partial charge in [-0.15, -0.1) is 0 Å². The van der Waals surface area contributed by atoms with Gasteiger partial charge in [0.05, 0.1) is 0 Å². The lowest BCUT2D eigenvalue weighted by Crippen LogP contribution is -2.23. The number of unbranched alkanes of at least 4 members (excludes halogenated alkanes) is 5. The van der Waals surface area contributed by atoms with Gasteiger partial charge in [-0.05, 0) is 43.4 Å². The zero-order valence-electron chi connectivity index (χ0n) is 14.5. The van der Waals surface area contributed by atoms with Crippen LogP contribution in [0.2, 0.25) is 0 Å². The molecule has 0 bridgehead atoms. The standard InChI is InChI=1S/C20H35N/c1-4-6-7-8-9-10-14-19(17-21-16-5-2)20-15-12-11-13-18(20)3/h11-13,15,19,21H,4-10,14,16-17H2,1-3H3. The van der Waals surface area contributed by atoms with E-state index in [-0.39, 0.29) is 0 Å². The first-order valence-electron chi connectivity index (χ1n) is 9.05. The first kappa shape index (κ1) is 18.2. The van der Waals surface area contributed by atoms with Crippen LogP contribution >= 0.6 is 0 Å². The minimum atomic E-state index is 0.684. The van der Waals surface area contributed by atoms with Crippen LogP contribution in [0.4, 0.5) is 0 Å². The summed E-state index contributed by atoms with van der Waals surface area (Å²) in [5.41, 5.74) is 3.00. The smallest absolute Gasteiger partial charge is 0.00202 e. The van der Waals surface area contributed by atoms with E-state index in [4.69, 9.17) is 0 Å². The molecule has 1 N–H and O–H groups in total. The maximum absolute atomic E-state index is 3.62. The van der Waals surface area contributed by atoms with Crippen LogP contribution in [-0.4, -0.2) is 13.1 Å². The number of hydrogen-bond acceptors (Lipinski definition) is 1. The highest BCUT2D eigenvalue weighted by molar-refractivity contribution is 5.29. The van der Waals surface area contributed by atoms with Crippen molar-refractivity contribution in [2.24, 2.45) is 0 Å². The van der Waals surface area contributed by atoms with Gasteiger partial charge in [0.25, 0.3) is 0 Å². The highest BCUT2D eigenvalue weighted by Crippen LogP contribution is 2.25. The zero-order valence-corrected chi connectivity index (χ0v) is 14.5. The van der Waals surface area contributed by atoms with Gasteiger partial charge in [-0.25, -0.2) is 0 Å². The first-order chi connectivity index (χ1) is 10.3. The number of hydrogen-bond donors (Lipinski definition) is 1. The topological polar surface area (TPSA) is 12.0 Å². The second-order valence-corrected chi connectivity index (χ2v) is 6.31. The van der Waals surface area contributed by atoms with Gasteiger partial charge in [0, 0.05) is 6.54 Å². The molecule has 1 nitrogen and oxygen atoms in total. The molecule has 0 fully saturated rings. The molecule has 0 saturated carbocycles. The summed E-state index contributed by atoms with van der Waals surface area (Å²) in [6.45, 7) is 9.05. The molecule has 1 unspecified atom stereocenters. The molecular formula is C20H35N. The summed E-state index contributed by atoms with van der Waals surface area (Å²) in [4.78, 5) is 0. The minimum Gasteiger partial charge on any atom is -0.316 e. The van der Waals surface area contributed by atoms with Gasteiger partial charge in [-0.1, -0.05) is 76.6 Å². The van der Waals surface area contributed by atoms with E-state index in [1.165, 1.54) is 56.9 Å². The van der Waals surface area contributed by atoms with Crippen molar-refractivity contribution in [1.29, 1.82) is 0 Å². The van der Waals surface area contributed by atoms with Crippen LogP contribution in [-0.2, 0) is 0 Å². The van der Waals surface area contributed by atoms with Crippen LogP contribution in [0.15, 0.2) is 24.3 Å². The van der Waals surface area contributed by atoms with Gasteiger partial charge >= 0.3 is 0 Å². The molecule has 1 heteroatoms. The summed E-state index contributed by atoms with van der Waals surface area (Å²) in [5, 5.41) is 3.62. The van der Waals surface area contributed by atoms with E-state index in [1.807, 2.05) is 0 Å². The molecule has 0 aliphatic rings. The first-order valence-corrected chi connectivity index (χ1v) is 9.05. The van der Waals surface area contributed by atoms with E-state index >= 15 is 0 Å². The third-order valence-electron chi connectivity index (χ3n) is 4.35. The van der Waals surface area contributed by atoms with E-state index in [2.05, 4.69) is 50.4 Å². The molecule has 0 heterocycles. The van der Waals surface area contributed by atoms with Gasteiger partial charge in [0.15, 0.2) is 0 Å². The summed E-state index contributed by atoms with van der Waals surface area (Å²) < 4.78 is 0. The summed E-state index contributed by atoms with van der Waals surface area (Å²) in [6.07, 6.45) is 10.9. The summed E-state index contributed by atoms with van der Waals surface area (Å²) >= 11 is 0. The lowest BCUT2D eigenvalue weighted by atomic mass is 9.90. The fraction of sp³-hybridized carbons (Fsp3) is 0.700. The Balaban J connectivity index is 2.43. The van der Waals surface area contributed by atoms with E-state index < -0.39 is 0 Å². The summed E-state index contributed by atoms with van der Waals surface area (Å²) in [7, 11) is 0. The molecule has 1 aromatic rings. The molecule has 0 saturated heterocycles. The predicted molar refractivity (Wildman–Crippen MR) is 95.1 cm³/mol. The van der Waals surface area contributed by atoms with Gasteiger partial charge in [0.2, 0.25) is 0 Å². The summed E-state index contributed by atoms with van der Waals surface area (Å²) in [5.74, 6) is 0.684. The molecule has 21 heavy (non-hydrogen) atoms. The number of rotatable bonds is 12. The highest BCUT2D eigenvalue weighted by Gasteiger charge is 2.12. The lowest BCUT2D eigenvalue weighted by molar-refractivity contribution is 0.505. The van der Waals surface area contributed by atoms with E-state index in [0.717, 1.165) is 13.1 Å². The van der Waals surface area contributed by atoms with Gasteiger partial charge in [-0.2, -0.15) is 0 Å². The van der Waals surface area contributed by atoms with Crippen LogP contribution in [0.25, 0.3) is 0 Å². The molecule has 1 aromatic carbocycles. The third-order valence-corrected chi connectivity index (χ3v) is 4.35. The Labute approximate surface area is 132 Å². The van der Waals surface area contributed by atoms with E-state index in [9.17, 15) is 0 Å². The van der Waals surface area contributed by atoms with Crippen LogP contribution in [0.3, 0.4) is 0 Å². The van der Waals surface area contributed by atoms with Crippen molar-refractivity contribution in [2.45, 2.75) is 78.1 Å². The SMILES string of the molecule is CCCCCCCCC(CNCCC)c1ccccc1C. The van der Waals surface area contributed by atoms with Crippen LogP contribution < -0.4 is 5.32 Å². The second-order valence-electron chi connectivity index (χ2n) is 6.31. The Kier molecular flexibility index (Phi) is 10.2. The Morgan fingerprint density at radius 2 is 1.62 bits per heavy atom. The van der Waals surface area contributed by atoms with Gasteiger partial charge in [0.1, 0.15) is 0 Å². The number of benzene rings is 1. The second kappa shape index (κ2) is 11.8. The van der Waals surface area contributed by atoms with Gasteiger partial charge < -0.3 is 5.32 Å². The quantitative estimate of drug-likeness (QED) is 0.477. The fourth-order valence-corrected chi connectivity index (χ4v) is 3.04. The highest BCUT2D eigenvalue weighted by atomic mass is 14.8. The van der Waals surface area contributed by atoms with Crippen molar-refractivity contribution in [3.05, 3.63) is 35.4 Å². The molecule has 0 spiro atoms. The molecule has 0 radical (unpaired) electrons. The molecular weight excluding hydrogens is 254 g/mol. The fourth-order valence-electron chi connectivity index (χ4n) is 3.04. The van der Waals surface area contributed by atoms with Crippen molar-refractivity contribution < 1.29 is 0 Å². The van der Waals surface area contributed by atoms with E-state index in [0.29, 0.717) is 5.92 Å². The van der Waals surface area contributed by atoms with Crippen molar-refractivity contribution in [3.8, 4) is 0 Å². The molecule has 0 aromatic heterocycles. The lowest BCUT2D eigenvalue weighted by Gasteiger charge is -2.20. The molecule has 120 valence electrons. The molecule has 0 aliphatic carbocycles. The Morgan fingerprint density at radius 1 is 0.905 bits per heavy atom. The number of nitrogens with one attached hydrogen (secondary N) is 1. The molecule has 0 amide bonds. The van der Waals surface area contributed by atoms with Crippen LogP contribution in [0.1, 0.15) is 82.3 Å². The van der Waals surface area contributed by atoms with Crippen molar-refractivity contribution >= 4 is 0 Å². The Hall–Kier alpha value is -0.820. The largest absolute Gasteiger partial charge is 0.316 e. The van der Waals surface area contributed by atoms with Crippen molar-refractivity contribution in [1.82, 2.24) is 5.32 Å². The normalized spacial score (nSPS) is 12.5. The maximum atomic E-state index is 3.62. The average Bonchev–Trinajstić information content (AvgIpc) is 2.50. The van der Waals surface area contributed by atoms with Crippen LogP contribution in [0.5, 0.6) is 0 Å². The molecule has 0 aliphatic heterocycles. The Morgan fingerprint density at radius 3 is 2.33 bits per heavy atom. The third kappa shape index (κ3) is 7.66. The van der Waals surface area contributed by atoms with Crippen LogP contribution in [0, 0.1) is 6.92 Å². The average molecular weight is 290 g/mol. The summed E-state index contributed by atoms with van der Waals surface area (Å²) in [6, 6.07) is 8.92. The minimum absolute atomic E-state index is 0.684. The molecule has 1 atom stereocenters. The van der Waals surface area contributed by atoms with E-state index in [1.54, 1.807) is 5.56 Å². The predicted octanol–water partition coefficient (Wildman–Crippen LogP) is 5.83. The Bertz CT molecular complexity index is 359. The zero-order chi connectivity index (χ0) is 15.3. The van der Waals surface area contributed by atoms with Gasteiger partial charge in [-0.3, -0.25) is 0 Å². The maximum Gasteiger partial charge on any atom is 0.00202 e. The molecule has 1 rings (SSSR count). The van der Waals surface area contributed by atoms with Crippen molar-refractivity contribution in [2.75, 3.05) is 13.1 Å². The number of aryl methyl sites for hydroxylation is 1. The monoisotopic (exact) mass is 289 g/mol.